The third-order valence-electron chi connectivity index (χ3n) is 2.12. The molecule has 0 saturated heterocycles. The normalized spacial score (nSPS) is 11.5. The van der Waals surface area contributed by atoms with Crippen LogP contribution in [0.4, 0.5) is 10.1 Å². The molecule has 0 bridgehead atoms. The molecule has 1 nitrogen and oxygen atoms in total. The summed E-state index contributed by atoms with van der Waals surface area (Å²) in [4.78, 5) is 0. The predicted molar refractivity (Wildman–Crippen MR) is 66.7 cm³/mol. The maximum absolute atomic E-state index is 12.8. The molecule has 0 amide bonds. The minimum Gasteiger partial charge on any atom is -0.384 e. The Labute approximate surface area is 99.2 Å². The molecule has 0 aromatic heterocycles. The first-order valence-corrected chi connectivity index (χ1v) is 5.87. The van der Waals surface area contributed by atoms with Crippen molar-refractivity contribution in [1.82, 2.24) is 0 Å². The van der Waals surface area contributed by atoms with Crippen molar-refractivity contribution in [2.24, 2.45) is 5.41 Å². The first kappa shape index (κ1) is 12.5. The molecule has 0 spiro atoms. The number of nitrogens with one attached hydrogen (secondary N) is 1. The summed E-state index contributed by atoms with van der Waals surface area (Å²) < 4.78 is 13.6. The summed E-state index contributed by atoms with van der Waals surface area (Å²) in [7, 11) is 0. The van der Waals surface area contributed by atoms with E-state index >= 15 is 0 Å². The second kappa shape index (κ2) is 4.97. The predicted octanol–water partition coefficient (Wildman–Crippen LogP) is 4.44. The molecule has 15 heavy (non-hydrogen) atoms. The van der Waals surface area contributed by atoms with Gasteiger partial charge in [-0.05, 0) is 46.0 Å². The van der Waals surface area contributed by atoms with E-state index in [1.807, 2.05) is 0 Å². The second-order valence-corrected chi connectivity index (χ2v) is 5.72. The van der Waals surface area contributed by atoms with Crippen molar-refractivity contribution >= 4 is 21.6 Å². The van der Waals surface area contributed by atoms with E-state index in [9.17, 15) is 4.39 Å². The quantitative estimate of drug-likeness (QED) is 0.859. The number of hydrogen-bond donors (Lipinski definition) is 1. The lowest BCUT2D eigenvalue weighted by Gasteiger charge is -2.18. The van der Waals surface area contributed by atoms with Gasteiger partial charge in [0.15, 0.2) is 0 Å². The van der Waals surface area contributed by atoms with Crippen LogP contribution in [-0.4, -0.2) is 6.54 Å². The number of hydrogen-bond acceptors (Lipinski definition) is 1. The number of halogens is 2. The Morgan fingerprint density at radius 3 is 2.53 bits per heavy atom. The van der Waals surface area contributed by atoms with Crippen molar-refractivity contribution in [3.8, 4) is 0 Å². The van der Waals surface area contributed by atoms with E-state index in [4.69, 9.17) is 0 Å². The fraction of sp³-hybridized carbons (Fsp3) is 0.500. The highest BCUT2D eigenvalue weighted by molar-refractivity contribution is 9.10. The van der Waals surface area contributed by atoms with Gasteiger partial charge in [-0.2, -0.15) is 0 Å². The van der Waals surface area contributed by atoms with E-state index in [-0.39, 0.29) is 5.82 Å². The van der Waals surface area contributed by atoms with Crippen molar-refractivity contribution < 1.29 is 4.39 Å². The molecule has 1 rings (SSSR count). The molecule has 0 radical (unpaired) electrons. The zero-order valence-electron chi connectivity index (χ0n) is 9.40. The molecule has 0 unspecified atom stereocenters. The van der Waals surface area contributed by atoms with Crippen LogP contribution in [-0.2, 0) is 0 Å². The Kier molecular flexibility index (Phi) is 4.14. The van der Waals surface area contributed by atoms with Crippen molar-refractivity contribution in [3.05, 3.63) is 28.5 Å². The van der Waals surface area contributed by atoms with Crippen LogP contribution in [0.5, 0.6) is 0 Å². The van der Waals surface area contributed by atoms with Crippen molar-refractivity contribution in [3.63, 3.8) is 0 Å². The summed E-state index contributed by atoms with van der Waals surface area (Å²) in [5.41, 5.74) is 1.26. The van der Waals surface area contributed by atoms with Crippen LogP contribution in [0, 0.1) is 11.2 Å². The Morgan fingerprint density at radius 2 is 2.00 bits per heavy atom. The Hall–Kier alpha value is -0.570. The molecule has 0 heterocycles. The molecular formula is C12H17BrFN. The van der Waals surface area contributed by atoms with Gasteiger partial charge in [0.2, 0.25) is 0 Å². The summed E-state index contributed by atoms with van der Waals surface area (Å²) in [6.07, 6.45) is 1.08. The molecular weight excluding hydrogens is 257 g/mol. The van der Waals surface area contributed by atoms with Gasteiger partial charge in [-0.3, -0.25) is 0 Å². The molecule has 1 aromatic carbocycles. The van der Waals surface area contributed by atoms with Gasteiger partial charge in [-0.25, -0.2) is 4.39 Å². The van der Waals surface area contributed by atoms with Gasteiger partial charge in [0.05, 0.1) is 0 Å². The Morgan fingerprint density at radius 1 is 1.33 bits per heavy atom. The van der Waals surface area contributed by atoms with E-state index in [0.717, 1.165) is 23.1 Å². The van der Waals surface area contributed by atoms with Crippen LogP contribution in [0.3, 0.4) is 0 Å². The SMILES string of the molecule is CC(C)(C)CCNc1ccc(F)cc1Br. The fourth-order valence-electron chi connectivity index (χ4n) is 1.21. The fourth-order valence-corrected chi connectivity index (χ4v) is 1.70. The van der Waals surface area contributed by atoms with E-state index in [2.05, 4.69) is 42.0 Å². The average Bonchev–Trinajstić information content (AvgIpc) is 2.07. The Bertz CT molecular complexity index is 331. The third-order valence-corrected chi connectivity index (χ3v) is 2.78. The average molecular weight is 274 g/mol. The summed E-state index contributed by atoms with van der Waals surface area (Å²) in [5, 5.41) is 3.28. The second-order valence-electron chi connectivity index (χ2n) is 4.86. The van der Waals surface area contributed by atoms with Crippen LogP contribution < -0.4 is 5.32 Å². The summed E-state index contributed by atoms with van der Waals surface area (Å²) in [6.45, 7) is 7.50. The molecule has 0 aliphatic heterocycles. The molecule has 0 fully saturated rings. The molecule has 0 aliphatic carbocycles. The van der Waals surface area contributed by atoms with E-state index in [0.29, 0.717) is 5.41 Å². The molecule has 84 valence electrons. The summed E-state index contributed by atoms with van der Waals surface area (Å²) >= 11 is 3.33. The van der Waals surface area contributed by atoms with Gasteiger partial charge in [-0.15, -0.1) is 0 Å². The molecule has 0 saturated carbocycles. The first-order chi connectivity index (χ1) is 6.88. The molecule has 1 N–H and O–H groups in total. The van der Waals surface area contributed by atoms with Crippen molar-refractivity contribution in [2.45, 2.75) is 27.2 Å². The topological polar surface area (TPSA) is 12.0 Å². The first-order valence-electron chi connectivity index (χ1n) is 5.07. The maximum atomic E-state index is 12.8. The van der Waals surface area contributed by atoms with Gasteiger partial charge in [0.25, 0.3) is 0 Å². The van der Waals surface area contributed by atoms with Gasteiger partial charge in [0.1, 0.15) is 5.82 Å². The lowest BCUT2D eigenvalue weighted by Crippen LogP contribution is -2.13. The van der Waals surface area contributed by atoms with Crippen molar-refractivity contribution in [1.29, 1.82) is 0 Å². The van der Waals surface area contributed by atoms with Crippen LogP contribution in [0.15, 0.2) is 22.7 Å². The Balaban J connectivity index is 2.51. The van der Waals surface area contributed by atoms with Crippen molar-refractivity contribution in [2.75, 3.05) is 11.9 Å². The number of benzene rings is 1. The monoisotopic (exact) mass is 273 g/mol. The van der Waals surface area contributed by atoms with Crippen LogP contribution in [0.1, 0.15) is 27.2 Å². The highest BCUT2D eigenvalue weighted by Gasteiger charge is 2.09. The van der Waals surface area contributed by atoms with Gasteiger partial charge < -0.3 is 5.32 Å². The van der Waals surface area contributed by atoms with E-state index in [1.165, 1.54) is 12.1 Å². The largest absolute Gasteiger partial charge is 0.384 e. The summed E-state index contributed by atoms with van der Waals surface area (Å²) in [5.74, 6) is -0.219. The standard InChI is InChI=1S/C12H17BrFN/c1-12(2,3)6-7-15-11-5-4-9(14)8-10(11)13/h4-5,8,15H,6-7H2,1-3H3. The molecule has 0 atom stereocenters. The lowest BCUT2D eigenvalue weighted by atomic mass is 9.92. The van der Waals surface area contributed by atoms with Crippen LogP contribution in [0.2, 0.25) is 0 Å². The molecule has 3 heteroatoms. The minimum absolute atomic E-state index is 0.219. The molecule has 1 aromatic rings. The van der Waals surface area contributed by atoms with Gasteiger partial charge >= 0.3 is 0 Å². The van der Waals surface area contributed by atoms with Crippen LogP contribution >= 0.6 is 15.9 Å². The third kappa shape index (κ3) is 4.65. The van der Waals surface area contributed by atoms with E-state index in [1.54, 1.807) is 6.07 Å². The highest BCUT2D eigenvalue weighted by atomic mass is 79.9. The van der Waals surface area contributed by atoms with E-state index < -0.39 is 0 Å². The van der Waals surface area contributed by atoms with Crippen LogP contribution in [0.25, 0.3) is 0 Å². The number of anilines is 1. The van der Waals surface area contributed by atoms with Gasteiger partial charge in [-0.1, -0.05) is 20.8 Å². The zero-order chi connectivity index (χ0) is 11.5. The maximum Gasteiger partial charge on any atom is 0.124 e. The highest BCUT2D eigenvalue weighted by Crippen LogP contribution is 2.24. The summed E-state index contributed by atoms with van der Waals surface area (Å²) in [6, 6.07) is 4.69. The minimum atomic E-state index is -0.219. The smallest absolute Gasteiger partial charge is 0.124 e. The number of rotatable bonds is 3. The lowest BCUT2D eigenvalue weighted by molar-refractivity contribution is 0.390. The zero-order valence-corrected chi connectivity index (χ0v) is 11.0. The molecule has 0 aliphatic rings. The van der Waals surface area contributed by atoms with Gasteiger partial charge in [0, 0.05) is 16.7 Å².